The Morgan fingerprint density at radius 2 is 0.458 bits per heavy atom. The molecule has 0 saturated heterocycles. The minimum Gasteiger partial charge on any atom is -0.870 e. The molecular weight excluding hydrogens is 1310 g/mol. The number of nitrogens with one attached hydrogen (secondary N) is 12. The maximum Gasteiger partial charge on any atom is 1.00 e. The molecule has 30 nitrogen and oxygen atoms in total. The summed E-state index contributed by atoms with van der Waals surface area (Å²) in [5.74, 6) is -3.89. The molecule has 0 atom stereocenters. The van der Waals surface area contributed by atoms with E-state index in [0.717, 1.165) is 36.4 Å². The molecule has 12 amide bonds. The van der Waals surface area contributed by atoms with E-state index in [4.69, 9.17) is 0 Å². The van der Waals surface area contributed by atoms with Gasteiger partial charge in [0.1, 0.15) is 0 Å². The van der Waals surface area contributed by atoms with E-state index in [1.165, 1.54) is 0 Å². The van der Waals surface area contributed by atoms with Crippen LogP contribution in [0.1, 0.15) is 151 Å². The average Bonchev–Trinajstić information content (AvgIpc) is 0.921. The topological polar surface area (TPSA) is 515 Å². The standard InChI is InChI=1S/C60H62N12O14.6Na.4H2O/c1-7-33-41-19-61-55(81)67-47-13-29(25-73)31(27-75)15-49(47)69-57(83)63-21-43-34(8-2)44-22-64-58(84)70-50-16-32(28-76)30(26-74)14-48(50)68-56(82)62-20-42(33)36(10-4)45(35(41)9-3)23-65-59(85)71-51-17-39(53(77)78)40(54(79)80)18-52(51)72-60(86)66-24-46(37(43)11-5)38(44)12-6;;;;;;;;;;/h13-18H,7-12,19-24H2,1-6H3,(H,77,78)(H,79,80)(H2,61,67,81)(H2,62,68,82)(H2,63,69,83)(H2,64,70,84)(H2,65,71,85)(H2,66,72,86);;;;;;;4*1H2/q-4;6*+1;;;;/p-6. The Morgan fingerprint density at radius 1 is 0.312 bits per heavy atom. The quantitative estimate of drug-likeness (QED) is 0.0408. The second-order valence-corrected chi connectivity index (χ2v) is 19.5. The van der Waals surface area contributed by atoms with Gasteiger partial charge in [0, 0.05) is 50.4 Å². The number of urea groups is 6. The number of anilines is 6. The molecule has 3 aliphatic rings. The molecule has 0 unspecified atom stereocenters. The van der Waals surface area contributed by atoms with Crippen LogP contribution in [-0.2, 0) is 97.0 Å². The third-order valence-electron chi connectivity index (χ3n) is 14.9. The van der Waals surface area contributed by atoms with Crippen molar-refractivity contribution in [1.82, 2.24) is 31.9 Å². The molecule has 8 rings (SSSR count). The van der Waals surface area contributed by atoms with E-state index in [2.05, 4.69) is 63.8 Å². The zero-order chi connectivity index (χ0) is 62.5. The molecule has 6 bridgehead atoms. The van der Waals surface area contributed by atoms with E-state index in [0.29, 0.717) is 79.6 Å². The number of fused-ring (bicyclic) bond motifs is 18. The monoisotopic (exact) mass is 1380 g/mol. The molecule has 3 heterocycles. The first-order chi connectivity index (χ1) is 41.3. The normalized spacial score (nSPS) is 12.7. The van der Waals surface area contributed by atoms with E-state index in [9.17, 15) is 67.7 Å². The molecule has 5 aromatic carbocycles. The van der Waals surface area contributed by atoms with E-state index in [-0.39, 0.29) is 321 Å². The molecule has 96 heavy (non-hydrogen) atoms. The van der Waals surface area contributed by atoms with Crippen LogP contribution in [0.15, 0.2) is 36.4 Å². The largest absolute Gasteiger partial charge is 1.00 e. The number of aromatic carboxylic acids is 2. The summed E-state index contributed by atoms with van der Waals surface area (Å²) in [5, 5.41) is 57.4. The van der Waals surface area contributed by atoms with E-state index in [1.54, 1.807) is 25.1 Å². The van der Waals surface area contributed by atoms with Gasteiger partial charge in [0.25, 0.3) is 0 Å². The van der Waals surface area contributed by atoms with Crippen LogP contribution in [0.5, 0.6) is 0 Å². The second kappa shape index (κ2) is 45.8. The summed E-state index contributed by atoms with van der Waals surface area (Å²) in [6.07, 6.45) is 8.29. The average molecular weight is 1380 g/mol. The van der Waals surface area contributed by atoms with Crippen molar-refractivity contribution in [2.45, 2.75) is 119 Å². The summed E-state index contributed by atoms with van der Waals surface area (Å²) in [5.41, 5.74) is 2.69. The Balaban J connectivity index is -0.00000423. The number of carboxylic acids is 2. The fraction of sp³-hybridized carbons (Fsp3) is 0.300. The summed E-state index contributed by atoms with van der Waals surface area (Å²) in [7, 11) is 0. The smallest absolute Gasteiger partial charge is 0.870 e. The molecular formula is C60H64N12Na6O18-4. The van der Waals surface area contributed by atoms with Gasteiger partial charge in [-0.05, 0) is 165 Å². The Kier molecular flexibility index (Phi) is 46.5. The van der Waals surface area contributed by atoms with Gasteiger partial charge < -0.3 is 125 Å². The number of carbonyl (C=O) groups is 8. The minimum absolute atomic E-state index is 0. The SMILES string of the molecule is CCc1c2c(CC)c3c(CC)c1CNC(=O)Nc1cc([C-]=O)c([C-]=O)cc1NC(=O)NCc1c(CC)c(c(CC)c(c1CC)CNC(=O)Nc1cc(C(=O)[O-])c(C(=O)[O-])cc1NC(=O)NC3)CNC(=O)Nc1cc([C-]=O)c([C-]=O)cc1NC(=O)NC2.[Na+].[Na+].[Na+].[Na+].[Na+].[Na+].[OH-].[OH-].[OH-].[OH-]. The summed E-state index contributed by atoms with van der Waals surface area (Å²) >= 11 is 0. The Morgan fingerprint density at radius 3 is 0.583 bits per heavy atom. The molecule has 0 aliphatic carbocycles. The maximum absolute atomic E-state index is 14.2. The number of carbonyl (C=O) groups excluding carboxylic acids is 12. The van der Waals surface area contributed by atoms with E-state index < -0.39 is 59.3 Å². The third-order valence-corrected chi connectivity index (χ3v) is 14.9. The summed E-state index contributed by atoms with van der Waals surface area (Å²) in [6.45, 7) is 9.46. The van der Waals surface area contributed by atoms with Gasteiger partial charge in [-0.1, -0.05) is 41.5 Å². The molecule has 3 aliphatic heterocycles. The van der Waals surface area contributed by atoms with Crippen LogP contribution in [-0.4, -0.2) is 95.2 Å². The number of amides is 12. The number of carboxylic acid groups (broad SMARTS) is 2. The minimum atomic E-state index is -1.94. The first kappa shape index (κ1) is 97.6. The Labute approximate surface area is 685 Å². The molecule has 0 saturated carbocycles. The van der Waals surface area contributed by atoms with Crippen molar-refractivity contribution in [3.63, 3.8) is 0 Å². The van der Waals surface area contributed by atoms with Crippen molar-refractivity contribution in [2.75, 3.05) is 31.9 Å². The molecule has 5 aromatic rings. The maximum atomic E-state index is 14.2. The van der Waals surface area contributed by atoms with Crippen molar-refractivity contribution in [2.24, 2.45) is 0 Å². The van der Waals surface area contributed by atoms with Gasteiger partial charge in [-0.2, -0.15) is 24.3 Å². The number of benzene rings is 5. The zero-order valence-electron chi connectivity index (χ0n) is 55.5. The van der Waals surface area contributed by atoms with Crippen LogP contribution in [0.3, 0.4) is 0 Å². The van der Waals surface area contributed by atoms with Crippen LogP contribution in [0.25, 0.3) is 0 Å². The van der Waals surface area contributed by atoms with Crippen LogP contribution in [0, 0.1) is 0 Å². The zero-order valence-corrected chi connectivity index (χ0v) is 67.5. The van der Waals surface area contributed by atoms with Crippen LogP contribution >= 0.6 is 0 Å². The molecule has 0 radical (unpaired) electrons. The van der Waals surface area contributed by atoms with E-state index in [1.807, 2.05) is 41.5 Å². The van der Waals surface area contributed by atoms with Crippen LogP contribution in [0.2, 0.25) is 0 Å². The molecule has 16 N–H and O–H groups in total. The van der Waals surface area contributed by atoms with Gasteiger partial charge in [-0.25, -0.2) is 28.8 Å². The summed E-state index contributed by atoms with van der Waals surface area (Å²) in [6, 6.07) is 0.765. The van der Waals surface area contributed by atoms with Crippen molar-refractivity contribution < 1.29 is 267 Å². The summed E-state index contributed by atoms with van der Waals surface area (Å²) < 4.78 is 0. The summed E-state index contributed by atoms with van der Waals surface area (Å²) in [4.78, 5) is 159. The molecule has 36 heteroatoms. The first-order valence-electron chi connectivity index (χ1n) is 27.4. The number of hydrogen-bond acceptors (Lipinski definition) is 18. The Hall–Kier alpha value is -4.82. The van der Waals surface area contributed by atoms with Crippen LogP contribution in [0.4, 0.5) is 62.9 Å². The molecule has 0 aromatic heterocycles. The van der Waals surface area contributed by atoms with Gasteiger partial charge in [0.15, 0.2) is 0 Å². The first-order valence-corrected chi connectivity index (χ1v) is 27.4. The van der Waals surface area contributed by atoms with Gasteiger partial charge >= 0.3 is 214 Å². The molecule has 0 spiro atoms. The molecule has 0 fully saturated rings. The predicted molar refractivity (Wildman–Crippen MR) is 319 cm³/mol. The third kappa shape index (κ3) is 23.1. The van der Waals surface area contributed by atoms with Crippen molar-refractivity contribution in [3.05, 3.63) is 137 Å². The second-order valence-electron chi connectivity index (χ2n) is 19.5. The van der Waals surface area contributed by atoms with Crippen molar-refractivity contribution >= 4 is 107 Å². The van der Waals surface area contributed by atoms with Gasteiger partial charge in [0.2, 0.25) is 0 Å². The number of rotatable bonds is 12. The van der Waals surface area contributed by atoms with Gasteiger partial charge in [0.05, 0.1) is 23.3 Å². The molecule has 482 valence electrons. The number of hydrogen-bond donors (Lipinski definition) is 12. The van der Waals surface area contributed by atoms with E-state index >= 15 is 0 Å². The van der Waals surface area contributed by atoms with Crippen molar-refractivity contribution in [3.8, 4) is 0 Å². The van der Waals surface area contributed by atoms with Gasteiger partial charge in [-0.15, -0.1) is 0 Å². The van der Waals surface area contributed by atoms with Crippen LogP contribution < -0.4 is 251 Å². The fourth-order valence-corrected chi connectivity index (χ4v) is 11.1. The Bertz CT molecular complexity index is 3300. The van der Waals surface area contributed by atoms with Gasteiger partial charge in [-0.3, -0.25) is 22.3 Å². The predicted octanol–water partition coefficient (Wildman–Crippen LogP) is -14.5. The van der Waals surface area contributed by atoms with Crippen molar-refractivity contribution in [1.29, 1.82) is 0 Å². The fourth-order valence-electron chi connectivity index (χ4n) is 11.1.